The minimum atomic E-state index is -0.282. The number of carbonyl (C=O) groups excluding carboxylic acids is 1. The zero-order valence-corrected chi connectivity index (χ0v) is 11.4. The number of aldehydes is 1. The molecule has 2 aromatic rings. The Bertz CT molecular complexity index is 656. The SMILES string of the molecule is CN1Cc2nc3c(Br)cccc3c(N)c2C1C=O. The van der Waals surface area contributed by atoms with Crippen LogP contribution in [0.2, 0.25) is 0 Å². The number of nitrogen functional groups attached to an aromatic ring is 1. The molecule has 18 heavy (non-hydrogen) atoms. The molecule has 0 fully saturated rings. The van der Waals surface area contributed by atoms with E-state index in [-0.39, 0.29) is 6.04 Å². The quantitative estimate of drug-likeness (QED) is 0.821. The van der Waals surface area contributed by atoms with Gasteiger partial charge in [-0.3, -0.25) is 4.90 Å². The lowest BCUT2D eigenvalue weighted by molar-refractivity contribution is -0.111. The van der Waals surface area contributed by atoms with Crippen molar-refractivity contribution < 1.29 is 4.79 Å². The first-order valence-corrected chi connectivity index (χ1v) is 6.44. The molecule has 3 rings (SSSR count). The van der Waals surface area contributed by atoms with Crippen LogP contribution in [0.5, 0.6) is 0 Å². The third kappa shape index (κ3) is 1.47. The van der Waals surface area contributed by atoms with Crippen molar-refractivity contribution in [1.29, 1.82) is 0 Å². The molecule has 2 N–H and O–H groups in total. The van der Waals surface area contributed by atoms with Crippen molar-refractivity contribution in [3.8, 4) is 0 Å². The molecule has 4 nitrogen and oxygen atoms in total. The molecule has 0 spiro atoms. The number of pyridine rings is 1. The van der Waals surface area contributed by atoms with Crippen molar-refractivity contribution in [1.82, 2.24) is 9.88 Å². The van der Waals surface area contributed by atoms with E-state index in [0.717, 1.165) is 32.9 Å². The summed E-state index contributed by atoms with van der Waals surface area (Å²) < 4.78 is 0.923. The minimum Gasteiger partial charge on any atom is -0.398 e. The third-order valence-corrected chi connectivity index (χ3v) is 4.06. The second-order valence-corrected chi connectivity index (χ2v) is 5.37. The average Bonchev–Trinajstić information content (AvgIpc) is 2.67. The molecule has 1 unspecified atom stereocenters. The number of carbonyl (C=O) groups is 1. The Morgan fingerprint density at radius 3 is 3.06 bits per heavy atom. The number of likely N-dealkylation sites (N-methyl/N-ethyl adjacent to an activating group) is 1. The van der Waals surface area contributed by atoms with Crippen LogP contribution >= 0.6 is 15.9 Å². The van der Waals surface area contributed by atoms with Crippen molar-refractivity contribution in [3.63, 3.8) is 0 Å². The largest absolute Gasteiger partial charge is 0.398 e. The van der Waals surface area contributed by atoms with Crippen molar-refractivity contribution >= 4 is 38.8 Å². The summed E-state index contributed by atoms with van der Waals surface area (Å²) in [6.07, 6.45) is 0.924. The van der Waals surface area contributed by atoms with Crippen molar-refractivity contribution in [3.05, 3.63) is 33.9 Å². The molecule has 1 aliphatic rings. The molecule has 92 valence electrons. The molecular weight excluding hydrogens is 294 g/mol. The van der Waals surface area contributed by atoms with E-state index < -0.39 is 0 Å². The molecule has 5 heteroatoms. The Morgan fingerprint density at radius 2 is 2.33 bits per heavy atom. The Morgan fingerprint density at radius 1 is 1.56 bits per heavy atom. The topological polar surface area (TPSA) is 59.2 Å². The number of nitrogens with two attached hydrogens (primary N) is 1. The zero-order valence-electron chi connectivity index (χ0n) is 9.85. The second kappa shape index (κ2) is 4.03. The summed E-state index contributed by atoms with van der Waals surface area (Å²) in [7, 11) is 1.90. The van der Waals surface area contributed by atoms with E-state index in [4.69, 9.17) is 5.73 Å². The van der Waals surface area contributed by atoms with E-state index in [9.17, 15) is 4.79 Å². The molecule has 1 aromatic carbocycles. The number of anilines is 1. The smallest absolute Gasteiger partial charge is 0.141 e. The van der Waals surface area contributed by atoms with Gasteiger partial charge in [-0.1, -0.05) is 12.1 Å². The molecule has 2 heterocycles. The number of fused-ring (bicyclic) bond motifs is 2. The Hall–Kier alpha value is -1.46. The molecule has 1 aliphatic heterocycles. The monoisotopic (exact) mass is 305 g/mol. The molecule has 0 aliphatic carbocycles. The van der Waals surface area contributed by atoms with Crippen LogP contribution in [0.15, 0.2) is 22.7 Å². The highest BCUT2D eigenvalue weighted by molar-refractivity contribution is 9.10. The number of hydrogen-bond donors (Lipinski definition) is 1. The molecule has 0 amide bonds. The van der Waals surface area contributed by atoms with Crippen LogP contribution < -0.4 is 5.73 Å². The first-order valence-electron chi connectivity index (χ1n) is 5.65. The Balaban J connectivity index is 2.38. The van der Waals surface area contributed by atoms with Gasteiger partial charge in [-0.25, -0.2) is 4.98 Å². The Kier molecular flexibility index (Phi) is 2.60. The maximum Gasteiger partial charge on any atom is 0.141 e. The van der Waals surface area contributed by atoms with E-state index in [1.165, 1.54) is 0 Å². The van der Waals surface area contributed by atoms with Crippen LogP contribution in [-0.4, -0.2) is 23.2 Å². The molecule has 0 bridgehead atoms. The summed E-state index contributed by atoms with van der Waals surface area (Å²) >= 11 is 3.49. The Labute approximate surface area is 113 Å². The fourth-order valence-corrected chi connectivity index (χ4v) is 2.97. The van der Waals surface area contributed by atoms with Crippen molar-refractivity contribution in [2.24, 2.45) is 0 Å². The number of nitrogens with zero attached hydrogens (tertiary/aromatic N) is 2. The normalized spacial score (nSPS) is 19.1. The predicted octanol–water partition coefficient (Wildman–Crippen LogP) is 2.26. The van der Waals surface area contributed by atoms with E-state index in [0.29, 0.717) is 12.2 Å². The van der Waals surface area contributed by atoms with E-state index in [1.54, 1.807) is 0 Å². The van der Waals surface area contributed by atoms with Crippen molar-refractivity contribution in [2.45, 2.75) is 12.6 Å². The van der Waals surface area contributed by atoms with Crippen LogP contribution in [0.25, 0.3) is 10.9 Å². The van der Waals surface area contributed by atoms with Crippen LogP contribution in [-0.2, 0) is 11.3 Å². The van der Waals surface area contributed by atoms with Gasteiger partial charge in [0.15, 0.2) is 0 Å². The van der Waals surface area contributed by atoms with E-state index in [2.05, 4.69) is 20.9 Å². The number of halogens is 1. The van der Waals surface area contributed by atoms with Gasteiger partial charge in [0.05, 0.1) is 17.3 Å². The highest BCUT2D eigenvalue weighted by atomic mass is 79.9. The molecule has 0 saturated carbocycles. The fraction of sp³-hybridized carbons (Fsp3) is 0.231. The average molecular weight is 306 g/mol. The number of aromatic nitrogens is 1. The lowest BCUT2D eigenvalue weighted by atomic mass is 10.0. The van der Waals surface area contributed by atoms with Gasteiger partial charge >= 0.3 is 0 Å². The van der Waals surface area contributed by atoms with Gasteiger partial charge in [0.1, 0.15) is 6.29 Å². The van der Waals surface area contributed by atoms with Crippen LogP contribution in [0, 0.1) is 0 Å². The third-order valence-electron chi connectivity index (χ3n) is 3.42. The second-order valence-electron chi connectivity index (χ2n) is 4.52. The summed E-state index contributed by atoms with van der Waals surface area (Å²) in [5.74, 6) is 0. The fourth-order valence-electron chi connectivity index (χ4n) is 2.52. The van der Waals surface area contributed by atoms with Gasteiger partial charge in [0, 0.05) is 27.7 Å². The van der Waals surface area contributed by atoms with Gasteiger partial charge in [0.25, 0.3) is 0 Å². The van der Waals surface area contributed by atoms with Crippen LogP contribution in [0.1, 0.15) is 17.3 Å². The molecule has 0 saturated heterocycles. The molecule has 1 atom stereocenters. The lowest BCUT2D eigenvalue weighted by Gasteiger charge is -2.14. The van der Waals surface area contributed by atoms with Crippen molar-refractivity contribution in [2.75, 3.05) is 12.8 Å². The number of benzene rings is 1. The van der Waals surface area contributed by atoms with Crippen LogP contribution in [0.4, 0.5) is 5.69 Å². The highest BCUT2D eigenvalue weighted by Crippen LogP contribution is 2.39. The summed E-state index contributed by atoms with van der Waals surface area (Å²) in [6, 6.07) is 5.52. The maximum absolute atomic E-state index is 11.2. The summed E-state index contributed by atoms with van der Waals surface area (Å²) in [5.41, 5.74) is 9.50. The van der Waals surface area contributed by atoms with Gasteiger partial charge in [-0.05, 0) is 29.0 Å². The number of rotatable bonds is 1. The summed E-state index contributed by atoms with van der Waals surface area (Å²) in [6.45, 7) is 0.653. The van der Waals surface area contributed by atoms with Crippen LogP contribution in [0.3, 0.4) is 0 Å². The molecular formula is C13H12BrN3O. The van der Waals surface area contributed by atoms with Gasteiger partial charge in [-0.2, -0.15) is 0 Å². The first-order chi connectivity index (χ1) is 8.63. The van der Waals surface area contributed by atoms with Gasteiger partial charge < -0.3 is 10.5 Å². The number of para-hydroxylation sites is 1. The maximum atomic E-state index is 11.2. The highest BCUT2D eigenvalue weighted by Gasteiger charge is 2.31. The van der Waals surface area contributed by atoms with E-state index >= 15 is 0 Å². The zero-order chi connectivity index (χ0) is 12.9. The van der Waals surface area contributed by atoms with Gasteiger partial charge in [-0.15, -0.1) is 0 Å². The number of hydrogen-bond acceptors (Lipinski definition) is 4. The minimum absolute atomic E-state index is 0.282. The van der Waals surface area contributed by atoms with Gasteiger partial charge in [0.2, 0.25) is 0 Å². The molecule has 1 aromatic heterocycles. The molecule has 0 radical (unpaired) electrons. The first kappa shape index (κ1) is 11.6. The predicted molar refractivity (Wildman–Crippen MR) is 74.1 cm³/mol. The standard InChI is InChI=1S/C13H12BrN3O/c1-17-5-9-11(10(17)6-18)12(15)7-3-2-4-8(14)13(7)16-9/h2-4,6,10H,5H2,1H3,(H2,15,16). The van der Waals surface area contributed by atoms with E-state index in [1.807, 2.05) is 30.1 Å². The lowest BCUT2D eigenvalue weighted by Crippen LogP contribution is -2.17. The summed E-state index contributed by atoms with van der Waals surface area (Å²) in [5, 5.41) is 0.894. The summed E-state index contributed by atoms with van der Waals surface area (Å²) in [4.78, 5) is 17.8.